The van der Waals surface area contributed by atoms with Crippen molar-refractivity contribution >= 4 is 29.4 Å². The molecule has 0 aliphatic carbocycles. The van der Waals surface area contributed by atoms with E-state index in [9.17, 15) is 24.3 Å². The van der Waals surface area contributed by atoms with Gasteiger partial charge in [0.1, 0.15) is 17.8 Å². The van der Waals surface area contributed by atoms with Gasteiger partial charge in [0.2, 0.25) is 17.7 Å². The summed E-state index contributed by atoms with van der Waals surface area (Å²) >= 11 is 0. The van der Waals surface area contributed by atoms with Gasteiger partial charge < -0.3 is 25.0 Å². The average molecular weight is 431 g/mol. The molecule has 2 aliphatic heterocycles. The maximum absolute atomic E-state index is 13.0. The fraction of sp³-hybridized carbons (Fsp3) is 0.545. The minimum atomic E-state index is -1.03. The minimum absolute atomic E-state index is 0.0539. The van der Waals surface area contributed by atoms with E-state index < -0.39 is 24.0 Å². The molecule has 0 bridgehead atoms. The highest BCUT2D eigenvalue weighted by Gasteiger charge is 2.41. The number of likely N-dealkylation sites (tertiary alicyclic amines) is 1. The third-order valence-electron chi connectivity index (χ3n) is 5.93. The van der Waals surface area contributed by atoms with Crippen molar-refractivity contribution in [3.8, 4) is 5.75 Å². The van der Waals surface area contributed by atoms with E-state index in [1.54, 1.807) is 50.1 Å². The molecule has 2 saturated heterocycles. The molecule has 31 heavy (non-hydrogen) atoms. The molecule has 1 aromatic carbocycles. The van der Waals surface area contributed by atoms with E-state index >= 15 is 0 Å². The summed E-state index contributed by atoms with van der Waals surface area (Å²) in [6, 6.07) is 5.33. The van der Waals surface area contributed by atoms with Gasteiger partial charge >= 0.3 is 5.97 Å². The van der Waals surface area contributed by atoms with Crippen molar-refractivity contribution in [3.05, 3.63) is 24.3 Å². The topological polar surface area (TPSA) is 116 Å². The molecule has 2 fully saturated rings. The maximum Gasteiger partial charge on any atom is 0.326 e. The lowest BCUT2D eigenvalue weighted by atomic mass is 10.00. The Labute approximate surface area is 181 Å². The second kappa shape index (κ2) is 9.36. The van der Waals surface area contributed by atoms with Crippen LogP contribution in [-0.2, 0) is 19.2 Å². The normalized spacial score (nSPS) is 22.0. The molecule has 1 aromatic rings. The molecule has 0 saturated carbocycles. The van der Waals surface area contributed by atoms with Gasteiger partial charge in [0.25, 0.3) is 0 Å². The summed E-state index contributed by atoms with van der Waals surface area (Å²) < 4.78 is 5.13. The molecule has 3 rings (SSSR count). The molecule has 0 spiro atoms. The Morgan fingerprint density at radius 1 is 1.19 bits per heavy atom. The zero-order valence-electron chi connectivity index (χ0n) is 18.0. The zero-order valence-corrected chi connectivity index (χ0v) is 18.0. The molecule has 168 valence electrons. The molecule has 9 nitrogen and oxygen atoms in total. The van der Waals surface area contributed by atoms with Crippen molar-refractivity contribution in [3.63, 3.8) is 0 Å². The van der Waals surface area contributed by atoms with Crippen molar-refractivity contribution in [2.75, 3.05) is 25.1 Å². The second-order valence-corrected chi connectivity index (χ2v) is 8.36. The highest BCUT2D eigenvalue weighted by atomic mass is 16.5. The summed E-state index contributed by atoms with van der Waals surface area (Å²) in [5.74, 6) is -2.09. The average Bonchev–Trinajstić information content (AvgIpc) is 3.38. The first-order chi connectivity index (χ1) is 14.7. The van der Waals surface area contributed by atoms with Gasteiger partial charge in [-0.05, 0) is 43.0 Å². The van der Waals surface area contributed by atoms with Crippen LogP contribution in [0.5, 0.6) is 5.75 Å². The van der Waals surface area contributed by atoms with Gasteiger partial charge in [-0.3, -0.25) is 14.4 Å². The van der Waals surface area contributed by atoms with Crippen LogP contribution in [0.3, 0.4) is 0 Å². The smallest absolute Gasteiger partial charge is 0.326 e. The van der Waals surface area contributed by atoms with E-state index in [1.807, 2.05) is 0 Å². The summed E-state index contributed by atoms with van der Waals surface area (Å²) in [7, 11) is 1.56. The predicted molar refractivity (Wildman–Crippen MR) is 113 cm³/mol. The number of hydrogen-bond acceptors (Lipinski definition) is 5. The third-order valence-corrected chi connectivity index (χ3v) is 5.93. The quantitative estimate of drug-likeness (QED) is 0.672. The molecule has 3 amide bonds. The Bertz CT molecular complexity index is 853. The van der Waals surface area contributed by atoms with Crippen molar-refractivity contribution in [2.45, 2.75) is 45.2 Å². The zero-order chi connectivity index (χ0) is 22.7. The molecular formula is C22H29N3O6. The van der Waals surface area contributed by atoms with Gasteiger partial charge in [-0.1, -0.05) is 13.8 Å². The Balaban J connectivity index is 1.67. The molecule has 3 atom stereocenters. The Morgan fingerprint density at radius 2 is 1.87 bits per heavy atom. The first kappa shape index (κ1) is 22.6. The highest BCUT2D eigenvalue weighted by Crippen LogP contribution is 2.27. The van der Waals surface area contributed by atoms with Gasteiger partial charge in [0.15, 0.2) is 0 Å². The van der Waals surface area contributed by atoms with Crippen LogP contribution in [-0.4, -0.2) is 66.0 Å². The standard InChI is InChI=1S/C22H29N3O6/c1-13(2)19(21(28)24-10-4-5-17(24)22(29)30)23-20(27)14-11-18(26)25(12-14)15-6-8-16(31-3)9-7-15/h6-9,13-14,17,19H,4-5,10-12H2,1-3H3,(H,23,27)(H,29,30)/t14-,17-,19-/m0/s1. The van der Waals surface area contributed by atoms with E-state index in [0.717, 1.165) is 0 Å². The molecule has 2 heterocycles. The van der Waals surface area contributed by atoms with Crippen LogP contribution < -0.4 is 15.0 Å². The minimum Gasteiger partial charge on any atom is -0.497 e. The van der Waals surface area contributed by atoms with Crippen LogP contribution in [0.15, 0.2) is 24.3 Å². The van der Waals surface area contributed by atoms with Crippen molar-refractivity contribution in [2.24, 2.45) is 11.8 Å². The van der Waals surface area contributed by atoms with Crippen LogP contribution in [0.1, 0.15) is 33.1 Å². The summed E-state index contributed by atoms with van der Waals surface area (Å²) in [5.41, 5.74) is 0.680. The summed E-state index contributed by atoms with van der Waals surface area (Å²) in [4.78, 5) is 52.8. The van der Waals surface area contributed by atoms with E-state index in [-0.39, 0.29) is 36.6 Å². The van der Waals surface area contributed by atoms with E-state index in [4.69, 9.17) is 4.74 Å². The lowest BCUT2D eigenvalue weighted by molar-refractivity contribution is -0.150. The number of benzene rings is 1. The number of rotatable bonds is 7. The second-order valence-electron chi connectivity index (χ2n) is 8.36. The molecule has 2 aliphatic rings. The summed E-state index contributed by atoms with van der Waals surface area (Å²) in [6.07, 6.45) is 1.08. The first-order valence-corrected chi connectivity index (χ1v) is 10.5. The van der Waals surface area contributed by atoms with Gasteiger partial charge in [0, 0.05) is 25.2 Å². The molecule has 0 unspecified atom stereocenters. The number of nitrogens with zero attached hydrogens (tertiary/aromatic N) is 2. The van der Waals surface area contributed by atoms with Crippen molar-refractivity contribution in [1.29, 1.82) is 0 Å². The largest absolute Gasteiger partial charge is 0.497 e. The highest BCUT2D eigenvalue weighted by molar-refractivity contribution is 6.01. The number of carboxylic acid groups (broad SMARTS) is 1. The lowest BCUT2D eigenvalue weighted by Crippen LogP contribution is -2.54. The Morgan fingerprint density at radius 3 is 2.45 bits per heavy atom. The lowest BCUT2D eigenvalue weighted by Gasteiger charge is -2.30. The van der Waals surface area contributed by atoms with E-state index in [2.05, 4.69) is 5.32 Å². The number of carboxylic acids is 1. The van der Waals surface area contributed by atoms with Gasteiger partial charge in [-0.25, -0.2) is 4.79 Å². The third kappa shape index (κ3) is 4.81. The number of nitrogens with one attached hydrogen (secondary N) is 1. The molecule has 2 N–H and O–H groups in total. The van der Waals surface area contributed by atoms with E-state index in [0.29, 0.717) is 30.8 Å². The van der Waals surface area contributed by atoms with Gasteiger partial charge in [-0.2, -0.15) is 0 Å². The van der Waals surface area contributed by atoms with Gasteiger partial charge in [-0.15, -0.1) is 0 Å². The number of anilines is 1. The van der Waals surface area contributed by atoms with Crippen LogP contribution in [0, 0.1) is 11.8 Å². The molecular weight excluding hydrogens is 402 g/mol. The Hall–Kier alpha value is -3.10. The molecule has 0 radical (unpaired) electrons. The number of carbonyl (C=O) groups excluding carboxylic acids is 3. The SMILES string of the molecule is COc1ccc(N2C[C@@H](C(=O)N[C@H](C(=O)N3CCC[C@H]3C(=O)O)C(C)C)CC2=O)cc1. The van der Waals surface area contributed by atoms with Crippen molar-refractivity contribution in [1.82, 2.24) is 10.2 Å². The summed E-state index contributed by atoms with van der Waals surface area (Å²) in [6.45, 7) is 4.19. The summed E-state index contributed by atoms with van der Waals surface area (Å²) in [5, 5.41) is 12.2. The monoisotopic (exact) mass is 431 g/mol. The van der Waals surface area contributed by atoms with Crippen LogP contribution >= 0.6 is 0 Å². The van der Waals surface area contributed by atoms with Crippen LogP contribution in [0.4, 0.5) is 5.69 Å². The number of carbonyl (C=O) groups is 4. The van der Waals surface area contributed by atoms with Crippen LogP contribution in [0.2, 0.25) is 0 Å². The Kier molecular flexibility index (Phi) is 6.82. The van der Waals surface area contributed by atoms with Crippen LogP contribution in [0.25, 0.3) is 0 Å². The predicted octanol–water partition coefficient (Wildman–Crippen LogP) is 1.26. The number of hydrogen-bond donors (Lipinski definition) is 2. The fourth-order valence-corrected chi connectivity index (χ4v) is 4.15. The molecule has 0 aromatic heterocycles. The fourth-order valence-electron chi connectivity index (χ4n) is 4.15. The van der Waals surface area contributed by atoms with Crippen molar-refractivity contribution < 1.29 is 29.0 Å². The number of aliphatic carboxylic acids is 1. The first-order valence-electron chi connectivity index (χ1n) is 10.5. The number of amides is 3. The van der Waals surface area contributed by atoms with Gasteiger partial charge in [0.05, 0.1) is 13.0 Å². The number of ether oxygens (including phenoxy) is 1. The number of methoxy groups -OCH3 is 1. The van der Waals surface area contributed by atoms with E-state index in [1.165, 1.54) is 4.90 Å². The molecule has 9 heteroatoms. The maximum atomic E-state index is 13.0.